The van der Waals surface area contributed by atoms with Gasteiger partial charge in [-0.3, -0.25) is 14.5 Å². The molecule has 1 aromatic rings. The van der Waals surface area contributed by atoms with E-state index in [1.807, 2.05) is 6.92 Å². The lowest BCUT2D eigenvalue weighted by molar-refractivity contribution is -0.151. The van der Waals surface area contributed by atoms with Crippen LogP contribution in [0.15, 0.2) is 15.6 Å². The van der Waals surface area contributed by atoms with Gasteiger partial charge < -0.3 is 10.4 Å². The Bertz CT molecular complexity index is 830. The van der Waals surface area contributed by atoms with Crippen molar-refractivity contribution in [2.45, 2.75) is 43.5 Å². The molecule has 0 radical (unpaired) electrons. The van der Waals surface area contributed by atoms with Crippen molar-refractivity contribution in [2.75, 3.05) is 11.5 Å². The van der Waals surface area contributed by atoms with Crippen molar-refractivity contribution in [3.8, 4) is 0 Å². The first-order valence-corrected chi connectivity index (χ1v) is 11.1. The van der Waals surface area contributed by atoms with Gasteiger partial charge >= 0.3 is 5.97 Å². The van der Waals surface area contributed by atoms with Crippen LogP contribution in [0.5, 0.6) is 0 Å². The number of nitrogens with one attached hydrogen (secondary N) is 1. The van der Waals surface area contributed by atoms with Crippen LogP contribution in [-0.2, 0) is 14.4 Å². The highest BCUT2D eigenvalue weighted by Gasteiger charge is 2.54. The lowest BCUT2D eigenvalue weighted by Gasteiger charge is -2.49. The fourth-order valence-corrected chi connectivity index (χ4v) is 5.94. The number of hydrogen-bond donors (Lipinski definition) is 2. The molecular formula is C16H20N4O4S3. The number of carboxylic acid groups (broad SMARTS) is 1. The van der Waals surface area contributed by atoms with E-state index < -0.39 is 17.4 Å². The summed E-state index contributed by atoms with van der Waals surface area (Å²) >= 11 is 4.33. The fourth-order valence-electron chi connectivity index (χ4n) is 2.64. The summed E-state index contributed by atoms with van der Waals surface area (Å²) in [4.78, 5) is 37.9. The predicted octanol–water partition coefficient (Wildman–Crippen LogP) is 1.72. The fraction of sp³-hybridized carbons (Fsp3) is 0.562. The summed E-state index contributed by atoms with van der Waals surface area (Å²) in [6.45, 7) is 7.16. The molecule has 3 rings (SSSR count). The lowest BCUT2D eigenvalue weighted by atomic mass is 9.94. The molecule has 1 fully saturated rings. The molecule has 2 unspecified atom stereocenters. The van der Waals surface area contributed by atoms with E-state index in [1.165, 1.54) is 39.8 Å². The van der Waals surface area contributed by atoms with Crippen LogP contribution < -0.4 is 5.32 Å². The number of carboxylic acids is 1. The lowest BCUT2D eigenvalue weighted by Crippen LogP contribution is -2.71. The van der Waals surface area contributed by atoms with Crippen molar-refractivity contribution in [3.05, 3.63) is 16.3 Å². The Morgan fingerprint density at radius 2 is 2.07 bits per heavy atom. The molecule has 1 aromatic heterocycles. The molecule has 27 heavy (non-hydrogen) atoms. The van der Waals surface area contributed by atoms with E-state index in [0.717, 1.165) is 9.35 Å². The Morgan fingerprint density at radius 1 is 1.37 bits per heavy atom. The molecule has 2 aliphatic rings. The highest BCUT2D eigenvalue weighted by atomic mass is 32.2. The molecule has 2 aliphatic heterocycles. The van der Waals surface area contributed by atoms with Gasteiger partial charge in [-0.15, -0.1) is 22.0 Å². The maximum absolute atomic E-state index is 12.6. The minimum Gasteiger partial charge on any atom is -0.477 e. The van der Waals surface area contributed by atoms with E-state index in [4.69, 9.17) is 0 Å². The van der Waals surface area contributed by atoms with Crippen molar-refractivity contribution >= 4 is 52.6 Å². The molecule has 3 heterocycles. The number of β-lactam (4-membered cyclic amide) rings is 1. The van der Waals surface area contributed by atoms with Crippen LogP contribution in [0.25, 0.3) is 0 Å². The molecule has 1 saturated heterocycles. The van der Waals surface area contributed by atoms with Gasteiger partial charge in [-0.1, -0.05) is 43.9 Å². The van der Waals surface area contributed by atoms with E-state index in [2.05, 4.69) is 15.5 Å². The summed E-state index contributed by atoms with van der Waals surface area (Å²) in [7, 11) is 0. The summed E-state index contributed by atoms with van der Waals surface area (Å²) in [5.41, 5.74) is 0.0852. The van der Waals surface area contributed by atoms with E-state index in [9.17, 15) is 19.5 Å². The van der Waals surface area contributed by atoms with Gasteiger partial charge in [0.25, 0.3) is 5.91 Å². The van der Waals surface area contributed by atoms with E-state index >= 15 is 0 Å². The average Bonchev–Trinajstić information content (AvgIpc) is 3.00. The number of carbonyl (C=O) groups is 3. The van der Waals surface area contributed by atoms with Gasteiger partial charge in [-0.2, -0.15) is 0 Å². The molecule has 2 amide bonds. The molecule has 0 aromatic carbocycles. The predicted molar refractivity (Wildman–Crippen MR) is 105 cm³/mol. The minimum atomic E-state index is -1.13. The molecule has 2 atom stereocenters. The zero-order valence-electron chi connectivity index (χ0n) is 15.3. The number of carbonyl (C=O) groups excluding carboxylic acids is 2. The maximum Gasteiger partial charge on any atom is 0.352 e. The standard InChI is InChI=1S/C16H20N4O4S3/c1-7-18-19-15(27-7)26-6-8-5-25-12-9(17-14(24)16(2,3)4)11(21)20(12)10(8)13(22)23/h9,12H,5-6H2,1-4H3,(H,17,24)(H,22,23). The van der Waals surface area contributed by atoms with Crippen LogP contribution in [0.2, 0.25) is 0 Å². The summed E-state index contributed by atoms with van der Waals surface area (Å²) in [5.74, 6) is -0.814. The average molecular weight is 429 g/mol. The van der Waals surface area contributed by atoms with Crippen LogP contribution in [0.1, 0.15) is 25.8 Å². The molecule has 2 N–H and O–H groups in total. The Hall–Kier alpha value is -1.59. The number of nitrogens with zero attached hydrogens (tertiary/aromatic N) is 3. The van der Waals surface area contributed by atoms with Gasteiger partial charge in [0.1, 0.15) is 22.1 Å². The third kappa shape index (κ3) is 3.99. The van der Waals surface area contributed by atoms with Crippen molar-refractivity contribution in [1.29, 1.82) is 0 Å². The van der Waals surface area contributed by atoms with Gasteiger partial charge in [-0.25, -0.2) is 4.79 Å². The van der Waals surface area contributed by atoms with Crippen LogP contribution in [0.4, 0.5) is 0 Å². The molecule has 0 bridgehead atoms. The van der Waals surface area contributed by atoms with Crippen LogP contribution >= 0.6 is 34.9 Å². The van der Waals surface area contributed by atoms with Gasteiger partial charge in [0.15, 0.2) is 4.34 Å². The Kier molecular flexibility index (Phi) is 5.55. The van der Waals surface area contributed by atoms with Gasteiger partial charge in [0, 0.05) is 16.9 Å². The van der Waals surface area contributed by atoms with Gasteiger partial charge in [-0.05, 0) is 12.5 Å². The van der Waals surface area contributed by atoms with Crippen molar-refractivity contribution < 1.29 is 19.5 Å². The van der Waals surface area contributed by atoms with Crippen molar-refractivity contribution in [2.24, 2.45) is 5.41 Å². The SMILES string of the molecule is Cc1nnc(SCC2=C(C(=O)O)N3C(=O)C(NC(=O)C(C)(C)C)C3SC2)s1. The zero-order chi connectivity index (χ0) is 19.9. The van der Waals surface area contributed by atoms with E-state index in [0.29, 0.717) is 17.1 Å². The highest BCUT2D eigenvalue weighted by molar-refractivity contribution is 8.01. The number of hydrogen-bond acceptors (Lipinski definition) is 8. The first kappa shape index (κ1) is 20.2. The first-order chi connectivity index (χ1) is 12.6. The van der Waals surface area contributed by atoms with Crippen LogP contribution in [-0.4, -0.2) is 60.9 Å². The normalized spacial score (nSPS) is 22.4. The first-order valence-electron chi connectivity index (χ1n) is 8.23. The largest absolute Gasteiger partial charge is 0.477 e. The second kappa shape index (κ2) is 7.44. The van der Waals surface area contributed by atoms with Crippen molar-refractivity contribution in [3.63, 3.8) is 0 Å². The minimum absolute atomic E-state index is 0.0266. The summed E-state index contributed by atoms with van der Waals surface area (Å²) in [5, 5.41) is 20.9. The third-order valence-corrected chi connectivity index (χ3v) is 7.49. The molecule has 146 valence electrons. The monoisotopic (exact) mass is 428 g/mol. The number of rotatable bonds is 5. The molecule has 11 heteroatoms. The van der Waals surface area contributed by atoms with E-state index in [1.54, 1.807) is 20.8 Å². The van der Waals surface area contributed by atoms with Gasteiger partial charge in [0.05, 0.1) is 0 Å². The number of fused-ring (bicyclic) bond motifs is 1. The number of aryl methyl sites for hydroxylation is 1. The third-order valence-electron chi connectivity index (χ3n) is 4.09. The maximum atomic E-state index is 12.6. The van der Waals surface area contributed by atoms with E-state index in [-0.39, 0.29) is 22.9 Å². The molecular weight excluding hydrogens is 408 g/mol. The highest BCUT2D eigenvalue weighted by Crippen LogP contribution is 2.42. The Labute approximate surface area is 169 Å². The molecule has 0 spiro atoms. The summed E-state index contributed by atoms with van der Waals surface area (Å²) in [6, 6.07) is -0.684. The Balaban J connectivity index is 1.75. The van der Waals surface area contributed by atoms with Gasteiger partial charge in [0.2, 0.25) is 5.91 Å². The zero-order valence-corrected chi connectivity index (χ0v) is 17.8. The molecule has 0 saturated carbocycles. The molecule has 0 aliphatic carbocycles. The smallest absolute Gasteiger partial charge is 0.352 e. The second-order valence-electron chi connectivity index (χ2n) is 7.24. The van der Waals surface area contributed by atoms with Crippen LogP contribution in [0.3, 0.4) is 0 Å². The Morgan fingerprint density at radius 3 is 2.63 bits per heavy atom. The van der Waals surface area contributed by atoms with Crippen molar-refractivity contribution in [1.82, 2.24) is 20.4 Å². The second-order valence-corrected chi connectivity index (χ2v) is 10.8. The quantitative estimate of drug-likeness (QED) is 0.539. The topological polar surface area (TPSA) is 112 Å². The number of amides is 2. The van der Waals surface area contributed by atoms with Crippen LogP contribution in [0, 0.1) is 12.3 Å². The number of aromatic nitrogens is 2. The number of thioether (sulfide) groups is 2. The summed E-state index contributed by atoms with van der Waals surface area (Å²) < 4.78 is 0.766. The summed E-state index contributed by atoms with van der Waals surface area (Å²) in [6.07, 6.45) is 0. The molecule has 8 nitrogen and oxygen atoms in total. The number of aliphatic carboxylic acids is 1.